The fourth-order valence-corrected chi connectivity index (χ4v) is 5.13. The summed E-state index contributed by atoms with van der Waals surface area (Å²) >= 11 is 17.1. The van der Waals surface area contributed by atoms with E-state index in [0.29, 0.717) is 28.8 Å². The second-order valence-electron chi connectivity index (χ2n) is 8.76. The number of carbonyl (C=O) groups excluding carboxylic acids is 2. The largest absolute Gasteiger partial charge is 0.352 e. The number of nitrogens with zero attached hydrogens (tertiary/aromatic N) is 1. The van der Waals surface area contributed by atoms with Crippen LogP contribution in [0.1, 0.15) is 30.5 Å². The summed E-state index contributed by atoms with van der Waals surface area (Å²) in [5.74, 6) is 0.587. The van der Waals surface area contributed by atoms with E-state index in [1.54, 1.807) is 11.0 Å². The van der Waals surface area contributed by atoms with Crippen molar-refractivity contribution in [2.75, 3.05) is 5.75 Å². The number of carbonyl (C=O) groups is 2. The first-order valence-corrected chi connectivity index (χ1v) is 14.3. The third kappa shape index (κ3) is 8.84. The van der Waals surface area contributed by atoms with Gasteiger partial charge in [-0.05, 0) is 54.8 Å². The number of hydrogen-bond donors (Lipinski definition) is 1. The minimum atomic E-state index is -0.642. The predicted octanol–water partition coefficient (Wildman–Crippen LogP) is 7.15. The van der Waals surface area contributed by atoms with Crippen LogP contribution in [0.4, 0.5) is 0 Å². The molecule has 1 N–H and O–H groups in total. The topological polar surface area (TPSA) is 49.4 Å². The molecule has 0 aromatic heterocycles. The van der Waals surface area contributed by atoms with Crippen LogP contribution in [-0.2, 0) is 28.3 Å². The van der Waals surface area contributed by atoms with Crippen LogP contribution in [0.5, 0.6) is 0 Å². The van der Waals surface area contributed by atoms with Gasteiger partial charge in [0, 0.05) is 29.2 Å². The first-order chi connectivity index (χ1) is 17.2. The van der Waals surface area contributed by atoms with Crippen molar-refractivity contribution in [3.05, 3.63) is 104 Å². The Morgan fingerprint density at radius 3 is 2.22 bits per heavy atom. The highest BCUT2D eigenvalue weighted by molar-refractivity contribution is 9.10. The number of amides is 2. The molecule has 0 fully saturated rings. The molecule has 2 amide bonds. The number of thioether (sulfide) groups is 1. The van der Waals surface area contributed by atoms with Gasteiger partial charge >= 0.3 is 0 Å². The van der Waals surface area contributed by atoms with Gasteiger partial charge in [-0.2, -0.15) is 0 Å². The normalized spacial score (nSPS) is 11.8. The van der Waals surface area contributed by atoms with E-state index in [-0.39, 0.29) is 23.6 Å². The smallest absolute Gasteiger partial charge is 0.243 e. The summed E-state index contributed by atoms with van der Waals surface area (Å²) in [5, 5.41) is 4.01. The van der Waals surface area contributed by atoms with E-state index < -0.39 is 6.04 Å². The lowest BCUT2D eigenvalue weighted by atomic mass is 10.0. The van der Waals surface area contributed by atoms with Gasteiger partial charge in [-0.25, -0.2) is 0 Å². The van der Waals surface area contributed by atoms with Crippen LogP contribution in [0, 0.1) is 0 Å². The number of rotatable bonds is 11. The third-order valence-electron chi connectivity index (χ3n) is 5.45. The van der Waals surface area contributed by atoms with Crippen molar-refractivity contribution in [1.82, 2.24) is 10.2 Å². The number of hydrogen-bond acceptors (Lipinski definition) is 3. The molecule has 3 rings (SSSR count). The van der Waals surface area contributed by atoms with Gasteiger partial charge in [0.05, 0.1) is 15.8 Å². The Bertz CT molecular complexity index is 1160. The lowest BCUT2D eigenvalue weighted by Crippen LogP contribution is -2.52. The third-order valence-corrected chi connectivity index (χ3v) is 7.70. The second-order valence-corrected chi connectivity index (χ2v) is 11.5. The summed E-state index contributed by atoms with van der Waals surface area (Å²) in [6.07, 6.45) is 0.430. The van der Waals surface area contributed by atoms with Crippen LogP contribution in [0.3, 0.4) is 0 Å². The summed E-state index contributed by atoms with van der Waals surface area (Å²) in [4.78, 5) is 28.7. The first kappa shape index (κ1) is 28.6. The molecule has 1 unspecified atom stereocenters. The molecular formula is C28H29BrCl2N2O2S. The van der Waals surface area contributed by atoms with Gasteiger partial charge < -0.3 is 10.2 Å². The van der Waals surface area contributed by atoms with E-state index >= 15 is 0 Å². The van der Waals surface area contributed by atoms with Crippen LogP contribution in [0.25, 0.3) is 0 Å². The number of benzene rings is 3. The van der Waals surface area contributed by atoms with Crippen molar-refractivity contribution >= 4 is 62.7 Å². The monoisotopic (exact) mass is 606 g/mol. The Kier molecular flexibility index (Phi) is 11.2. The molecule has 0 saturated carbocycles. The van der Waals surface area contributed by atoms with Gasteiger partial charge in [0.15, 0.2) is 0 Å². The predicted molar refractivity (Wildman–Crippen MR) is 155 cm³/mol. The van der Waals surface area contributed by atoms with Crippen molar-refractivity contribution in [3.8, 4) is 0 Å². The van der Waals surface area contributed by atoms with Crippen LogP contribution in [-0.4, -0.2) is 34.6 Å². The zero-order valence-electron chi connectivity index (χ0n) is 20.2. The standard InChI is InChI=1S/C28H29BrCl2N2O2S/c1-19(2)32-28(35)26(15-20-6-4-3-5-7-20)33(16-21-8-11-23(29)12-9-21)27(34)18-36-17-22-10-13-24(30)25(31)14-22/h3-14,19,26H,15-18H2,1-2H3,(H,32,35). The molecule has 3 aromatic rings. The minimum absolute atomic E-state index is 0.0376. The van der Waals surface area contributed by atoms with Gasteiger partial charge in [0.25, 0.3) is 0 Å². The first-order valence-electron chi connectivity index (χ1n) is 11.6. The van der Waals surface area contributed by atoms with Crippen LogP contribution in [0.15, 0.2) is 77.3 Å². The SMILES string of the molecule is CC(C)NC(=O)C(Cc1ccccc1)N(Cc1ccc(Br)cc1)C(=O)CSCc1ccc(Cl)c(Cl)c1. The maximum absolute atomic E-state index is 13.6. The Balaban J connectivity index is 1.83. The zero-order valence-corrected chi connectivity index (χ0v) is 24.1. The van der Waals surface area contributed by atoms with Crippen molar-refractivity contribution < 1.29 is 9.59 Å². The highest BCUT2D eigenvalue weighted by atomic mass is 79.9. The molecule has 0 aliphatic rings. The van der Waals surface area contributed by atoms with E-state index in [9.17, 15) is 9.59 Å². The summed E-state index contributed by atoms with van der Waals surface area (Å²) in [6.45, 7) is 4.18. The van der Waals surface area contributed by atoms with Gasteiger partial charge in [-0.15, -0.1) is 11.8 Å². The molecule has 3 aromatic carbocycles. The molecule has 4 nitrogen and oxygen atoms in total. The van der Waals surface area contributed by atoms with Crippen molar-refractivity contribution in [3.63, 3.8) is 0 Å². The van der Waals surface area contributed by atoms with Crippen LogP contribution >= 0.6 is 50.9 Å². The molecule has 0 spiro atoms. The fraction of sp³-hybridized carbons (Fsp3) is 0.286. The van der Waals surface area contributed by atoms with Gasteiger partial charge in [-0.1, -0.05) is 87.7 Å². The Morgan fingerprint density at radius 1 is 0.917 bits per heavy atom. The van der Waals surface area contributed by atoms with E-state index in [2.05, 4.69) is 21.2 Å². The highest BCUT2D eigenvalue weighted by Gasteiger charge is 2.30. The summed E-state index contributed by atoms with van der Waals surface area (Å²) in [5.41, 5.74) is 2.94. The molecule has 0 bridgehead atoms. The molecule has 190 valence electrons. The van der Waals surface area contributed by atoms with Crippen molar-refractivity contribution in [2.24, 2.45) is 0 Å². The zero-order chi connectivity index (χ0) is 26.1. The highest BCUT2D eigenvalue weighted by Crippen LogP contribution is 2.25. The van der Waals surface area contributed by atoms with Gasteiger partial charge in [0.2, 0.25) is 11.8 Å². The molecule has 36 heavy (non-hydrogen) atoms. The molecule has 1 atom stereocenters. The lowest BCUT2D eigenvalue weighted by Gasteiger charge is -2.32. The second kappa shape index (κ2) is 14.1. The Morgan fingerprint density at radius 2 is 1.58 bits per heavy atom. The number of halogens is 3. The van der Waals surface area contributed by atoms with Crippen molar-refractivity contribution in [1.29, 1.82) is 0 Å². The maximum atomic E-state index is 13.6. The van der Waals surface area contributed by atoms with Gasteiger partial charge in [-0.3, -0.25) is 9.59 Å². The molecule has 8 heteroatoms. The van der Waals surface area contributed by atoms with Crippen molar-refractivity contribution in [2.45, 2.75) is 44.6 Å². The summed E-state index contributed by atoms with van der Waals surface area (Å²) in [7, 11) is 0. The van der Waals surface area contributed by atoms with Crippen LogP contribution < -0.4 is 5.32 Å². The fourth-order valence-electron chi connectivity index (χ4n) is 3.69. The molecule has 0 aliphatic carbocycles. The number of nitrogens with one attached hydrogen (secondary N) is 1. The molecular weight excluding hydrogens is 579 g/mol. The quantitative estimate of drug-likeness (QED) is 0.252. The molecule has 0 radical (unpaired) electrons. The van der Waals surface area contributed by atoms with Crippen LogP contribution in [0.2, 0.25) is 10.0 Å². The summed E-state index contributed by atoms with van der Waals surface area (Å²) < 4.78 is 0.958. The lowest BCUT2D eigenvalue weighted by molar-refractivity contribution is -0.139. The Hall–Kier alpha value is -1.99. The maximum Gasteiger partial charge on any atom is 0.243 e. The molecule has 0 heterocycles. The van der Waals surface area contributed by atoms with E-state index in [4.69, 9.17) is 23.2 Å². The van der Waals surface area contributed by atoms with Gasteiger partial charge in [0.1, 0.15) is 6.04 Å². The Labute approximate surface area is 235 Å². The average molecular weight is 608 g/mol. The minimum Gasteiger partial charge on any atom is -0.352 e. The molecule has 0 saturated heterocycles. The van der Waals surface area contributed by atoms with E-state index in [1.165, 1.54) is 11.8 Å². The average Bonchev–Trinajstić information content (AvgIpc) is 2.84. The molecule has 0 aliphatic heterocycles. The van der Waals surface area contributed by atoms with E-state index in [0.717, 1.165) is 21.2 Å². The summed E-state index contributed by atoms with van der Waals surface area (Å²) in [6, 6.07) is 22.4. The van der Waals surface area contributed by atoms with E-state index in [1.807, 2.05) is 80.6 Å².